The maximum absolute atomic E-state index is 11.3. The zero-order valence-corrected chi connectivity index (χ0v) is 7.71. The Balaban J connectivity index is 2.42. The van der Waals surface area contributed by atoms with Gasteiger partial charge in [0.25, 0.3) is 0 Å². The zero-order chi connectivity index (χ0) is 9.26. The van der Waals surface area contributed by atoms with Gasteiger partial charge in [-0.05, 0) is 24.5 Å². The first kappa shape index (κ1) is 8.45. The van der Waals surface area contributed by atoms with Crippen molar-refractivity contribution in [2.45, 2.75) is 19.4 Å². The Kier molecular flexibility index (Phi) is 2.15. The Morgan fingerprint density at radius 2 is 2.23 bits per heavy atom. The molecule has 0 aromatic heterocycles. The Bertz CT molecular complexity index is 333. The first-order chi connectivity index (χ1) is 6.29. The number of nitrogens with one attached hydrogen (secondary N) is 1. The second kappa shape index (κ2) is 3.30. The van der Waals surface area contributed by atoms with Gasteiger partial charge in [-0.3, -0.25) is 4.79 Å². The second-order valence-corrected chi connectivity index (χ2v) is 3.45. The van der Waals surface area contributed by atoms with Gasteiger partial charge in [0, 0.05) is 6.54 Å². The summed E-state index contributed by atoms with van der Waals surface area (Å²) in [6.07, 6.45) is 1.03. The molecule has 68 valence electrons. The maximum atomic E-state index is 11.3. The highest BCUT2D eigenvalue weighted by molar-refractivity contribution is 5.83. The summed E-state index contributed by atoms with van der Waals surface area (Å²) >= 11 is 0. The third-order valence-electron chi connectivity index (χ3n) is 2.52. The summed E-state index contributed by atoms with van der Waals surface area (Å²) < 4.78 is 0. The average molecular weight is 175 g/mol. The van der Waals surface area contributed by atoms with E-state index in [1.54, 1.807) is 6.92 Å². The van der Waals surface area contributed by atoms with Crippen molar-refractivity contribution >= 4 is 5.78 Å². The molecule has 13 heavy (non-hydrogen) atoms. The Morgan fingerprint density at radius 3 is 3.00 bits per heavy atom. The van der Waals surface area contributed by atoms with Gasteiger partial charge in [0.15, 0.2) is 5.78 Å². The minimum Gasteiger partial charge on any atom is -0.303 e. The summed E-state index contributed by atoms with van der Waals surface area (Å²) in [5.41, 5.74) is 2.46. The van der Waals surface area contributed by atoms with E-state index >= 15 is 0 Å². The molecule has 2 nitrogen and oxygen atoms in total. The Hall–Kier alpha value is -1.15. The third kappa shape index (κ3) is 1.49. The molecule has 0 saturated carbocycles. The van der Waals surface area contributed by atoms with Crippen molar-refractivity contribution in [1.82, 2.24) is 5.32 Å². The van der Waals surface area contributed by atoms with Gasteiger partial charge < -0.3 is 5.32 Å². The quantitative estimate of drug-likeness (QED) is 0.700. The topological polar surface area (TPSA) is 29.1 Å². The molecule has 1 aliphatic rings. The third-order valence-corrected chi connectivity index (χ3v) is 2.52. The average Bonchev–Trinajstić information content (AvgIpc) is 2.17. The van der Waals surface area contributed by atoms with Gasteiger partial charge >= 0.3 is 0 Å². The molecule has 0 fully saturated rings. The molecule has 1 N–H and O–H groups in total. The lowest BCUT2D eigenvalue weighted by molar-refractivity contribution is -0.119. The lowest BCUT2D eigenvalue weighted by Gasteiger charge is -2.24. The summed E-state index contributed by atoms with van der Waals surface area (Å²) in [5, 5.41) is 3.23. The smallest absolute Gasteiger partial charge is 0.151 e. The molecule has 0 radical (unpaired) electrons. The van der Waals surface area contributed by atoms with Crippen molar-refractivity contribution in [2.75, 3.05) is 6.54 Å². The molecule has 0 aliphatic carbocycles. The number of hydrogen-bond donors (Lipinski definition) is 1. The summed E-state index contributed by atoms with van der Waals surface area (Å²) in [4.78, 5) is 11.3. The predicted molar refractivity (Wildman–Crippen MR) is 51.6 cm³/mol. The van der Waals surface area contributed by atoms with E-state index in [2.05, 4.69) is 11.4 Å². The van der Waals surface area contributed by atoms with E-state index in [4.69, 9.17) is 0 Å². The molecular weight excluding hydrogens is 162 g/mol. The Labute approximate surface area is 78.0 Å². The summed E-state index contributed by atoms with van der Waals surface area (Å²) in [6.45, 7) is 2.54. The van der Waals surface area contributed by atoms with Gasteiger partial charge in [0.05, 0.1) is 6.04 Å². The van der Waals surface area contributed by atoms with Crippen LogP contribution in [0.5, 0.6) is 0 Å². The van der Waals surface area contributed by atoms with Crippen molar-refractivity contribution < 1.29 is 4.79 Å². The lowest BCUT2D eigenvalue weighted by atomic mass is 9.92. The molecule has 1 aromatic rings. The van der Waals surface area contributed by atoms with Crippen LogP contribution in [0.25, 0.3) is 0 Å². The van der Waals surface area contributed by atoms with Gasteiger partial charge in [0.2, 0.25) is 0 Å². The minimum absolute atomic E-state index is 0.0788. The standard InChI is InChI=1S/C11H13NO/c1-8(13)11-10-5-3-2-4-9(10)6-7-12-11/h2-5,11-12H,6-7H2,1H3/t11-/m1/s1. The van der Waals surface area contributed by atoms with Crippen molar-refractivity contribution in [2.24, 2.45) is 0 Å². The number of rotatable bonds is 1. The molecule has 2 rings (SSSR count). The van der Waals surface area contributed by atoms with Crippen molar-refractivity contribution in [3.8, 4) is 0 Å². The van der Waals surface area contributed by atoms with Crippen molar-refractivity contribution in [3.05, 3.63) is 35.4 Å². The predicted octanol–water partition coefficient (Wildman–Crippen LogP) is 1.46. The molecule has 0 bridgehead atoms. The molecule has 0 spiro atoms. The molecule has 0 unspecified atom stereocenters. The van der Waals surface area contributed by atoms with E-state index in [0.29, 0.717) is 0 Å². The summed E-state index contributed by atoms with van der Waals surface area (Å²) in [5.74, 6) is 0.201. The molecule has 1 heterocycles. The number of fused-ring (bicyclic) bond motifs is 1. The van der Waals surface area contributed by atoms with Crippen LogP contribution in [0.15, 0.2) is 24.3 Å². The number of ketones is 1. The van der Waals surface area contributed by atoms with Gasteiger partial charge in [-0.15, -0.1) is 0 Å². The van der Waals surface area contributed by atoms with Crippen LogP contribution in [0.1, 0.15) is 24.1 Å². The minimum atomic E-state index is -0.0788. The van der Waals surface area contributed by atoms with Crippen LogP contribution in [0.4, 0.5) is 0 Å². The molecular formula is C11H13NO. The number of hydrogen-bond acceptors (Lipinski definition) is 2. The van der Waals surface area contributed by atoms with E-state index in [-0.39, 0.29) is 11.8 Å². The zero-order valence-electron chi connectivity index (χ0n) is 7.71. The van der Waals surface area contributed by atoms with E-state index < -0.39 is 0 Å². The second-order valence-electron chi connectivity index (χ2n) is 3.45. The van der Waals surface area contributed by atoms with Crippen LogP contribution >= 0.6 is 0 Å². The van der Waals surface area contributed by atoms with Crippen LogP contribution < -0.4 is 5.32 Å². The fraction of sp³-hybridized carbons (Fsp3) is 0.364. The molecule has 0 amide bonds. The summed E-state index contributed by atoms with van der Waals surface area (Å²) in [7, 11) is 0. The summed E-state index contributed by atoms with van der Waals surface area (Å²) in [6, 6.07) is 8.08. The van der Waals surface area contributed by atoms with E-state index in [0.717, 1.165) is 18.5 Å². The first-order valence-corrected chi connectivity index (χ1v) is 4.60. The molecule has 0 saturated heterocycles. The maximum Gasteiger partial charge on any atom is 0.151 e. The molecule has 1 atom stereocenters. The van der Waals surface area contributed by atoms with Crippen LogP contribution in [-0.4, -0.2) is 12.3 Å². The monoisotopic (exact) mass is 175 g/mol. The fourth-order valence-corrected chi connectivity index (χ4v) is 1.87. The molecule has 1 aliphatic heterocycles. The van der Waals surface area contributed by atoms with Gasteiger partial charge in [0.1, 0.15) is 0 Å². The highest BCUT2D eigenvalue weighted by Crippen LogP contribution is 2.22. The van der Waals surface area contributed by atoms with Gasteiger partial charge in [-0.1, -0.05) is 24.3 Å². The van der Waals surface area contributed by atoms with Gasteiger partial charge in [-0.25, -0.2) is 0 Å². The normalized spacial score (nSPS) is 20.8. The largest absolute Gasteiger partial charge is 0.303 e. The number of Topliss-reactive ketones (excluding diaryl/α,β-unsaturated/α-hetero) is 1. The molecule has 1 aromatic carbocycles. The highest BCUT2D eigenvalue weighted by Gasteiger charge is 2.21. The number of benzene rings is 1. The van der Waals surface area contributed by atoms with E-state index in [9.17, 15) is 4.79 Å². The first-order valence-electron chi connectivity index (χ1n) is 4.60. The van der Waals surface area contributed by atoms with Crippen molar-refractivity contribution in [3.63, 3.8) is 0 Å². The van der Waals surface area contributed by atoms with Crippen LogP contribution in [0.2, 0.25) is 0 Å². The molecule has 2 heteroatoms. The number of carbonyl (C=O) groups is 1. The Morgan fingerprint density at radius 1 is 1.46 bits per heavy atom. The highest BCUT2D eigenvalue weighted by atomic mass is 16.1. The van der Waals surface area contributed by atoms with Gasteiger partial charge in [-0.2, -0.15) is 0 Å². The van der Waals surface area contributed by atoms with E-state index in [1.807, 2.05) is 18.2 Å². The van der Waals surface area contributed by atoms with Crippen LogP contribution in [0.3, 0.4) is 0 Å². The van der Waals surface area contributed by atoms with Crippen molar-refractivity contribution in [1.29, 1.82) is 0 Å². The van der Waals surface area contributed by atoms with Crippen LogP contribution in [-0.2, 0) is 11.2 Å². The van der Waals surface area contributed by atoms with Crippen LogP contribution in [0, 0.1) is 0 Å². The number of carbonyl (C=O) groups excluding carboxylic acids is 1. The fourth-order valence-electron chi connectivity index (χ4n) is 1.87. The lowest BCUT2D eigenvalue weighted by Crippen LogP contribution is -2.33. The SMILES string of the molecule is CC(=O)[C@H]1NCCc2ccccc21. The van der Waals surface area contributed by atoms with E-state index in [1.165, 1.54) is 5.56 Å².